The minimum atomic E-state index is -0.855. The van der Waals surface area contributed by atoms with Crippen molar-refractivity contribution in [1.29, 1.82) is 0 Å². The van der Waals surface area contributed by atoms with Crippen LogP contribution in [0.1, 0.15) is 11.1 Å². The van der Waals surface area contributed by atoms with Gasteiger partial charge in [-0.05, 0) is 19.4 Å². The number of nitrogens with one attached hydrogen (secondary N) is 1. The highest BCUT2D eigenvalue weighted by Crippen LogP contribution is 2.10. The van der Waals surface area contributed by atoms with Gasteiger partial charge in [-0.2, -0.15) is 5.23 Å². The molecule has 0 aliphatic carbocycles. The van der Waals surface area contributed by atoms with Crippen molar-refractivity contribution < 1.29 is 10.4 Å². The number of quaternary nitrogens is 1. The highest BCUT2D eigenvalue weighted by atomic mass is 16.8. The van der Waals surface area contributed by atoms with Crippen LogP contribution in [0.4, 0.5) is 5.69 Å². The Bertz CT molecular complexity index is 258. The van der Waals surface area contributed by atoms with Crippen LogP contribution in [0.15, 0.2) is 18.2 Å². The summed E-state index contributed by atoms with van der Waals surface area (Å²) >= 11 is 0. The molecular formula is C8H11NO2. The molecule has 1 atom stereocenters. The molecule has 0 saturated carbocycles. The lowest BCUT2D eigenvalue weighted by Gasteiger charge is -2.13. The second kappa shape index (κ2) is 3.00. The van der Waals surface area contributed by atoms with Gasteiger partial charge in [0.15, 0.2) is 5.69 Å². The molecule has 3 nitrogen and oxygen atoms in total. The smallest absolute Gasteiger partial charge is 0.166 e. The summed E-state index contributed by atoms with van der Waals surface area (Å²) in [4.78, 5) is 0. The van der Waals surface area contributed by atoms with E-state index in [9.17, 15) is 5.21 Å². The van der Waals surface area contributed by atoms with Crippen LogP contribution in [-0.4, -0.2) is 5.21 Å². The van der Waals surface area contributed by atoms with Crippen molar-refractivity contribution >= 4 is 5.69 Å². The molecule has 2 N–H and O–H groups in total. The first kappa shape index (κ1) is 8.20. The van der Waals surface area contributed by atoms with Gasteiger partial charge in [-0.15, -0.1) is 0 Å². The van der Waals surface area contributed by atoms with Crippen LogP contribution in [0.2, 0.25) is 0 Å². The summed E-state index contributed by atoms with van der Waals surface area (Å²) < 4.78 is 0. The molecule has 0 amide bonds. The third-order valence-electron chi connectivity index (χ3n) is 1.62. The second-order valence-electron chi connectivity index (χ2n) is 2.62. The normalized spacial score (nSPS) is 13.1. The van der Waals surface area contributed by atoms with E-state index in [2.05, 4.69) is 0 Å². The summed E-state index contributed by atoms with van der Waals surface area (Å²) in [5.41, 5.74) is 2.18. The van der Waals surface area contributed by atoms with Gasteiger partial charge >= 0.3 is 0 Å². The number of benzene rings is 1. The minimum Gasteiger partial charge on any atom is -0.595 e. The first-order valence-corrected chi connectivity index (χ1v) is 3.42. The Morgan fingerprint density at radius 1 is 1.36 bits per heavy atom. The molecule has 1 rings (SSSR count). The number of rotatable bonds is 1. The zero-order valence-corrected chi connectivity index (χ0v) is 6.59. The molecule has 0 aromatic heterocycles. The van der Waals surface area contributed by atoms with E-state index < -0.39 is 5.23 Å². The van der Waals surface area contributed by atoms with Crippen molar-refractivity contribution in [2.45, 2.75) is 13.8 Å². The van der Waals surface area contributed by atoms with Gasteiger partial charge in [-0.25, -0.2) is 5.21 Å². The van der Waals surface area contributed by atoms with E-state index in [1.54, 1.807) is 13.0 Å². The standard InChI is InChI=1S/C8H11NO2/c1-6-3-4-7(2)8(5-6)9(10)11/h3-5,9-10H,1-2H3. The van der Waals surface area contributed by atoms with Gasteiger partial charge in [-0.1, -0.05) is 12.1 Å². The van der Waals surface area contributed by atoms with E-state index in [0.29, 0.717) is 5.69 Å². The van der Waals surface area contributed by atoms with Gasteiger partial charge in [0.1, 0.15) is 0 Å². The van der Waals surface area contributed by atoms with Gasteiger partial charge in [0, 0.05) is 11.6 Å². The molecule has 0 spiro atoms. The first-order valence-electron chi connectivity index (χ1n) is 3.42. The summed E-state index contributed by atoms with van der Waals surface area (Å²) in [5.74, 6) is 0. The fourth-order valence-corrected chi connectivity index (χ4v) is 0.966. The Kier molecular flexibility index (Phi) is 2.24. The fraction of sp³-hybridized carbons (Fsp3) is 0.250. The topological polar surface area (TPSA) is 47.7 Å². The van der Waals surface area contributed by atoms with Gasteiger partial charge in [0.25, 0.3) is 0 Å². The van der Waals surface area contributed by atoms with E-state index in [1.165, 1.54) is 0 Å². The van der Waals surface area contributed by atoms with E-state index in [0.717, 1.165) is 11.1 Å². The molecule has 11 heavy (non-hydrogen) atoms. The maximum absolute atomic E-state index is 10.6. The zero-order valence-electron chi connectivity index (χ0n) is 6.59. The predicted octanol–water partition coefficient (Wildman–Crippen LogP) is 0.707. The fourth-order valence-electron chi connectivity index (χ4n) is 0.966. The summed E-state index contributed by atoms with van der Waals surface area (Å²) in [7, 11) is 0. The minimum absolute atomic E-state index is 0.394. The van der Waals surface area contributed by atoms with Crippen molar-refractivity contribution in [2.75, 3.05) is 0 Å². The third kappa shape index (κ3) is 1.77. The van der Waals surface area contributed by atoms with Crippen molar-refractivity contribution in [1.82, 2.24) is 0 Å². The molecule has 3 heteroatoms. The molecule has 0 fully saturated rings. The molecule has 0 aliphatic rings. The maximum Gasteiger partial charge on any atom is 0.166 e. The Hall–Kier alpha value is -0.900. The number of hydrogen-bond donors (Lipinski definition) is 2. The number of hydrogen-bond acceptors (Lipinski definition) is 2. The first-order chi connectivity index (χ1) is 5.11. The van der Waals surface area contributed by atoms with Crippen LogP contribution < -0.4 is 5.23 Å². The van der Waals surface area contributed by atoms with Crippen molar-refractivity contribution in [2.24, 2.45) is 0 Å². The number of aryl methyl sites for hydroxylation is 2. The summed E-state index contributed by atoms with van der Waals surface area (Å²) in [6, 6.07) is 5.40. The zero-order chi connectivity index (χ0) is 8.43. The van der Waals surface area contributed by atoms with Gasteiger partial charge in [-0.3, -0.25) is 0 Å². The maximum atomic E-state index is 10.6. The average molecular weight is 153 g/mol. The highest BCUT2D eigenvalue weighted by Gasteiger charge is 2.03. The van der Waals surface area contributed by atoms with Crippen molar-refractivity contribution in [3.8, 4) is 0 Å². The lowest BCUT2D eigenvalue weighted by molar-refractivity contribution is -0.991. The molecule has 1 aromatic carbocycles. The predicted molar refractivity (Wildman–Crippen MR) is 41.7 cm³/mol. The molecule has 0 aliphatic heterocycles. The Balaban J connectivity index is 3.13. The largest absolute Gasteiger partial charge is 0.595 e. The lowest BCUT2D eigenvalue weighted by atomic mass is 10.1. The van der Waals surface area contributed by atoms with Crippen LogP contribution in [0, 0.1) is 19.1 Å². The second-order valence-corrected chi connectivity index (χ2v) is 2.62. The lowest BCUT2D eigenvalue weighted by Crippen LogP contribution is -2.99. The van der Waals surface area contributed by atoms with Crippen LogP contribution in [-0.2, 0) is 0 Å². The molecule has 1 unspecified atom stereocenters. The van der Waals surface area contributed by atoms with E-state index in [4.69, 9.17) is 5.21 Å². The van der Waals surface area contributed by atoms with Crippen molar-refractivity contribution in [3.63, 3.8) is 0 Å². The van der Waals surface area contributed by atoms with Crippen LogP contribution in [0.3, 0.4) is 0 Å². The third-order valence-corrected chi connectivity index (χ3v) is 1.62. The van der Waals surface area contributed by atoms with Crippen molar-refractivity contribution in [3.05, 3.63) is 34.5 Å². The van der Waals surface area contributed by atoms with E-state index >= 15 is 0 Å². The highest BCUT2D eigenvalue weighted by molar-refractivity contribution is 5.41. The summed E-state index contributed by atoms with van der Waals surface area (Å²) in [6.07, 6.45) is 0. The molecule has 60 valence electrons. The van der Waals surface area contributed by atoms with Crippen LogP contribution in [0.25, 0.3) is 0 Å². The molecule has 0 radical (unpaired) electrons. The molecular weight excluding hydrogens is 142 g/mol. The Morgan fingerprint density at radius 3 is 2.45 bits per heavy atom. The Labute approximate surface area is 65.4 Å². The van der Waals surface area contributed by atoms with Gasteiger partial charge in [0.2, 0.25) is 0 Å². The summed E-state index contributed by atoms with van der Waals surface area (Å²) in [6.45, 7) is 3.68. The van der Waals surface area contributed by atoms with Crippen LogP contribution >= 0.6 is 0 Å². The quantitative estimate of drug-likeness (QED) is 0.583. The van der Waals surface area contributed by atoms with E-state index in [1.807, 2.05) is 19.1 Å². The Morgan fingerprint density at radius 2 is 2.00 bits per heavy atom. The van der Waals surface area contributed by atoms with Gasteiger partial charge in [0.05, 0.1) is 0 Å². The monoisotopic (exact) mass is 153 g/mol. The molecule has 0 saturated heterocycles. The summed E-state index contributed by atoms with van der Waals surface area (Å²) in [5, 5.41) is 18.4. The SMILES string of the molecule is Cc1ccc(C)c([NH+]([O-])O)c1. The average Bonchev–Trinajstić information content (AvgIpc) is 1.94. The molecule has 0 heterocycles. The van der Waals surface area contributed by atoms with Gasteiger partial charge < -0.3 is 5.21 Å². The molecule has 1 aromatic rings. The van der Waals surface area contributed by atoms with Crippen LogP contribution in [0.5, 0.6) is 0 Å². The molecule has 0 bridgehead atoms. The van der Waals surface area contributed by atoms with E-state index in [-0.39, 0.29) is 0 Å².